The van der Waals surface area contributed by atoms with E-state index in [-0.39, 0.29) is 17.1 Å². The number of halogens is 3. The second-order valence-corrected chi connectivity index (χ2v) is 4.77. The quantitative estimate of drug-likeness (QED) is 0.584. The van der Waals surface area contributed by atoms with Crippen LogP contribution in [0.1, 0.15) is 22.3 Å². The molecule has 0 amide bonds. The zero-order chi connectivity index (χ0) is 13.7. The minimum atomic E-state index is -1.05. The third-order valence-electron chi connectivity index (χ3n) is 3.38. The molecule has 0 aromatic heterocycles. The summed E-state index contributed by atoms with van der Waals surface area (Å²) < 4.78 is 46.6. The summed E-state index contributed by atoms with van der Waals surface area (Å²) in [6.45, 7) is 3.09. The maximum atomic E-state index is 13.9. The maximum Gasteiger partial charge on any atom is 0.201 e. The van der Waals surface area contributed by atoms with Gasteiger partial charge in [0.2, 0.25) is 5.82 Å². The first kappa shape index (κ1) is 12.1. The van der Waals surface area contributed by atoms with E-state index in [0.29, 0.717) is 23.1 Å². The first-order valence-corrected chi connectivity index (χ1v) is 5.92. The summed E-state index contributed by atoms with van der Waals surface area (Å²) in [4.78, 5) is 0. The Kier molecular flexibility index (Phi) is 2.55. The largest absolute Gasteiger partial charge is 0.450 e. The molecule has 4 heteroatoms. The highest BCUT2D eigenvalue weighted by Gasteiger charge is 2.26. The predicted octanol–water partition coefficient (Wildman–Crippen LogP) is 4.42. The highest BCUT2D eigenvalue weighted by molar-refractivity contribution is 5.53. The van der Waals surface area contributed by atoms with Gasteiger partial charge in [0, 0.05) is 17.5 Å². The van der Waals surface area contributed by atoms with Crippen molar-refractivity contribution in [2.45, 2.75) is 20.3 Å². The van der Waals surface area contributed by atoms with Crippen molar-refractivity contribution in [3.63, 3.8) is 0 Å². The highest BCUT2D eigenvalue weighted by Crippen LogP contribution is 2.41. The van der Waals surface area contributed by atoms with Crippen molar-refractivity contribution < 1.29 is 17.9 Å². The Hall–Kier alpha value is -1.97. The molecule has 0 atom stereocenters. The summed E-state index contributed by atoms with van der Waals surface area (Å²) in [5.41, 5.74) is 1.80. The van der Waals surface area contributed by atoms with E-state index in [1.165, 1.54) is 13.0 Å². The van der Waals surface area contributed by atoms with Gasteiger partial charge in [0.05, 0.1) is 0 Å². The minimum absolute atomic E-state index is 0.00495. The van der Waals surface area contributed by atoms with Gasteiger partial charge in [0.15, 0.2) is 23.1 Å². The Morgan fingerprint density at radius 2 is 1.53 bits per heavy atom. The topological polar surface area (TPSA) is 9.23 Å². The van der Waals surface area contributed by atoms with Crippen LogP contribution in [0.3, 0.4) is 0 Å². The van der Waals surface area contributed by atoms with Crippen LogP contribution >= 0.6 is 0 Å². The van der Waals surface area contributed by atoms with E-state index in [9.17, 15) is 13.2 Å². The van der Waals surface area contributed by atoms with Gasteiger partial charge >= 0.3 is 0 Å². The van der Waals surface area contributed by atoms with Gasteiger partial charge in [-0.15, -0.1) is 0 Å². The SMILES string of the molecule is Cc1cc2c(c(F)c1F)Oc1c(ccc(C)c1F)C2. The molecule has 0 aliphatic carbocycles. The molecule has 1 aliphatic heterocycles. The molecule has 0 saturated carbocycles. The zero-order valence-corrected chi connectivity index (χ0v) is 10.5. The first-order chi connectivity index (χ1) is 8.99. The van der Waals surface area contributed by atoms with Crippen molar-refractivity contribution in [3.05, 3.63) is 57.9 Å². The van der Waals surface area contributed by atoms with E-state index in [1.54, 1.807) is 19.1 Å². The molecule has 1 aliphatic rings. The van der Waals surface area contributed by atoms with E-state index in [4.69, 9.17) is 4.74 Å². The molecule has 0 spiro atoms. The van der Waals surface area contributed by atoms with E-state index < -0.39 is 17.5 Å². The molecule has 0 fully saturated rings. The van der Waals surface area contributed by atoms with Crippen LogP contribution in [0.5, 0.6) is 11.5 Å². The molecule has 1 heterocycles. The number of aryl methyl sites for hydroxylation is 2. The van der Waals surface area contributed by atoms with Gasteiger partial charge in [-0.1, -0.05) is 12.1 Å². The summed E-state index contributed by atoms with van der Waals surface area (Å²) in [5.74, 6) is -2.74. The molecule has 19 heavy (non-hydrogen) atoms. The fourth-order valence-corrected chi connectivity index (χ4v) is 2.30. The van der Waals surface area contributed by atoms with Crippen LogP contribution in [0.2, 0.25) is 0 Å². The van der Waals surface area contributed by atoms with Crippen molar-refractivity contribution >= 4 is 0 Å². The molecule has 2 aromatic carbocycles. The Balaban J connectivity index is 2.20. The van der Waals surface area contributed by atoms with Crippen molar-refractivity contribution in [1.29, 1.82) is 0 Å². The number of ether oxygens (including phenoxy) is 1. The summed E-state index contributed by atoms with van der Waals surface area (Å²) >= 11 is 0. The normalized spacial score (nSPS) is 12.7. The van der Waals surface area contributed by atoms with E-state index >= 15 is 0 Å². The van der Waals surface area contributed by atoms with Crippen LogP contribution in [0, 0.1) is 31.3 Å². The van der Waals surface area contributed by atoms with Crippen molar-refractivity contribution in [3.8, 4) is 11.5 Å². The minimum Gasteiger partial charge on any atom is -0.450 e. The van der Waals surface area contributed by atoms with Crippen molar-refractivity contribution in [1.82, 2.24) is 0 Å². The smallest absolute Gasteiger partial charge is 0.201 e. The van der Waals surface area contributed by atoms with Crippen LogP contribution in [0.4, 0.5) is 13.2 Å². The number of fused-ring (bicyclic) bond motifs is 2. The van der Waals surface area contributed by atoms with Crippen LogP contribution in [0.15, 0.2) is 18.2 Å². The molecule has 0 radical (unpaired) electrons. The summed E-state index contributed by atoms with van der Waals surface area (Å²) in [7, 11) is 0. The Morgan fingerprint density at radius 3 is 2.26 bits per heavy atom. The molecule has 0 saturated heterocycles. The lowest BCUT2D eigenvalue weighted by molar-refractivity contribution is 0.379. The molecule has 98 valence electrons. The monoisotopic (exact) mass is 264 g/mol. The molecule has 1 nitrogen and oxygen atoms in total. The predicted molar refractivity (Wildman–Crippen MR) is 65.1 cm³/mol. The average molecular weight is 264 g/mol. The number of benzene rings is 2. The third-order valence-corrected chi connectivity index (χ3v) is 3.38. The van der Waals surface area contributed by atoms with Gasteiger partial charge in [0.1, 0.15) is 0 Å². The Labute approximate surface area is 108 Å². The summed E-state index contributed by atoms with van der Waals surface area (Å²) in [6, 6.07) is 4.93. The molecular formula is C15H11F3O. The van der Waals surface area contributed by atoms with Gasteiger partial charge in [-0.3, -0.25) is 0 Å². The highest BCUT2D eigenvalue weighted by atomic mass is 19.2. The third kappa shape index (κ3) is 1.70. The van der Waals surface area contributed by atoms with E-state index in [2.05, 4.69) is 0 Å². The van der Waals surface area contributed by atoms with Gasteiger partial charge < -0.3 is 4.74 Å². The lowest BCUT2D eigenvalue weighted by Gasteiger charge is -2.22. The summed E-state index contributed by atoms with van der Waals surface area (Å²) in [5, 5.41) is 0. The first-order valence-electron chi connectivity index (χ1n) is 5.92. The van der Waals surface area contributed by atoms with Crippen LogP contribution in [-0.2, 0) is 6.42 Å². The van der Waals surface area contributed by atoms with Gasteiger partial charge in [-0.2, -0.15) is 4.39 Å². The maximum absolute atomic E-state index is 13.9. The van der Waals surface area contributed by atoms with Crippen LogP contribution < -0.4 is 4.74 Å². The lowest BCUT2D eigenvalue weighted by atomic mass is 9.97. The standard InChI is InChI=1S/C15H11F3O/c1-7-3-4-9-6-10-5-8(2)11(16)13(18)15(10)19-14(9)12(7)17/h3-5H,6H2,1-2H3. The molecule has 0 N–H and O–H groups in total. The molecule has 2 aromatic rings. The van der Waals surface area contributed by atoms with Gasteiger partial charge in [-0.25, -0.2) is 8.78 Å². The van der Waals surface area contributed by atoms with E-state index in [1.807, 2.05) is 0 Å². The van der Waals surface area contributed by atoms with Gasteiger partial charge in [-0.05, 0) is 31.0 Å². The fraction of sp³-hybridized carbons (Fsp3) is 0.200. The van der Waals surface area contributed by atoms with E-state index in [0.717, 1.165) is 0 Å². The Morgan fingerprint density at radius 1 is 0.842 bits per heavy atom. The summed E-state index contributed by atoms with van der Waals surface area (Å²) in [6.07, 6.45) is 0.333. The second kappa shape index (κ2) is 4.02. The van der Waals surface area contributed by atoms with Crippen LogP contribution in [0.25, 0.3) is 0 Å². The van der Waals surface area contributed by atoms with Crippen molar-refractivity contribution in [2.75, 3.05) is 0 Å². The van der Waals surface area contributed by atoms with Crippen molar-refractivity contribution in [2.24, 2.45) is 0 Å². The zero-order valence-electron chi connectivity index (χ0n) is 10.5. The molecular weight excluding hydrogens is 253 g/mol. The Bertz CT molecular complexity index is 693. The fourth-order valence-electron chi connectivity index (χ4n) is 2.30. The molecule has 3 rings (SSSR count). The van der Waals surface area contributed by atoms with Crippen LogP contribution in [-0.4, -0.2) is 0 Å². The average Bonchev–Trinajstić information content (AvgIpc) is 2.39. The molecule has 0 bridgehead atoms. The number of hydrogen-bond acceptors (Lipinski definition) is 1. The number of rotatable bonds is 0. The lowest BCUT2D eigenvalue weighted by Crippen LogP contribution is -2.09. The second-order valence-electron chi connectivity index (χ2n) is 4.77. The molecule has 0 unspecified atom stereocenters. The number of hydrogen-bond donors (Lipinski definition) is 0. The van der Waals surface area contributed by atoms with Gasteiger partial charge in [0.25, 0.3) is 0 Å².